The lowest BCUT2D eigenvalue weighted by atomic mass is 10.2. The molecule has 2 aliphatic heterocycles. The number of hydrogen-bond acceptors (Lipinski definition) is 2. The van der Waals surface area contributed by atoms with E-state index in [0.717, 1.165) is 25.7 Å². The fraction of sp³-hybridized carbons (Fsp3) is 0.714. The molecular weight excluding hydrogens is 112 g/mol. The maximum atomic E-state index is 3.34. The van der Waals surface area contributed by atoms with Crippen molar-refractivity contribution in [2.45, 2.75) is 6.04 Å². The Kier molecular flexibility index (Phi) is 1.10. The van der Waals surface area contributed by atoms with Gasteiger partial charge in [0.1, 0.15) is 0 Å². The van der Waals surface area contributed by atoms with E-state index in [-0.39, 0.29) is 0 Å². The Bertz CT molecular complexity index is 151. The molecule has 0 amide bonds. The molecular formula is C7H12N2. The molecule has 0 aromatic carbocycles. The van der Waals surface area contributed by atoms with Crippen molar-refractivity contribution in [2.75, 3.05) is 26.7 Å². The Balaban J connectivity index is 2.19. The summed E-state index contributed by atoms with van der Waals surface area (Å²) in [5.41, 5.74) is 1.59. The summed E-state index contributed by atoms with van der Waals surface area (Å²) in [6.07, 6.45) is 2.34. The molecule has 2 nitrogen and oxygen atoms in total. The number of fused-ring (bicyclic) bond motifs is 1. The molecule has 1 saturated heterocycles. The lowest BCUT2D eigenvalue weighted by molar-refractivity contribution is 0.337. The van der Waals surface area contributed by atoms with E-state index < -0.39 is 0 Å². The van der Waals surface area contributed by atoms with Gasteiger partial charge in [-0.25, -0.2) is 0 Å². The number of likely N-dealkylation sites (N-methyl/N-ethyl adjacent to an activating group) is 1. The van der Waals surface area contributed by atoms with Gasteiger partial charge in [-0.05, 0) is 12.6 Å². The van der Waals surface area contributed by atoms with E-state index in [0.29, 0.717) is 0 Å². The van der Waals surface area contributed by atoms with Crippen LogP contribution in [-0.4, -0.2) is 37.6 Å². The summed E-state index contributed by atoms with van der Waals surface area (Å²) < 4.78 is 0. The van der Waals surface area contributed by atoms with Crippen LogP contribution in [0.5, 0.6) is 0 Å². The van der Waals surface area contributed by atoms with Crippen molar-refractivity contribution in [3.05, 3.63) is 11.6 Å². The smallest absolute Gasteiger partial charge is 0.0445 e. The Morgan fingerprint density at radius 3 is 3.44 bits per heavy atom. The van der Waals surface area contributed by atoms with Crippen molar-refractivity contribution in [3.8, 4) is 0 Å². The van der Waals surface area contributed by atoms with Gasteiger partial charge in [-0.3, -0.25) is 4.90 Å². The number of rotatable bonds is 0. The summed E-state index contributed by atoms with van der Waals surface area (Å²) in [6, 6.07) is 0.727. The maximum absolute atomic E-state index is 3.34. The molecule has 0 aliphatic carbocycles. The first-order valence-electron chi connectivity index (χ1n) is 3.48. The highest BCUT2D eigenvalue weighted by Crippen LogP contribution is 2.18. The third-order valence-corrected chi connectivity index (χ3v) is 2.27. The molecule has 0 aromatic rings. The second kappa shape index (κ2) is 1.82. The number of nitrogens with zero attached hydrogens (tertiary/aromatic N) is 1. The van der Waals surface area contributed by atoms with Crippen LogP contribution in [0.4, 0.5) is 0 Å². The van der Waals surface area contributed by atoms with Crippen LogP contribution < -0.4 is 5.32 Å². The van der Waals surface area contributed by atoms with Crippen LogP contribution in [0.15, 0.2) is 11.6 Å². The zero-order valence-corrected chi connectivity index (χ0v) is 5.72. The highest BCUT2D eigenvalue weighted by Gasteiger charge is 2.27. The zero-order valence-electron chi connectivity index (χ0n) is 5.72. The minimum absolute atomic E-state index is 0.727. The van der Waals surface area contributed by atoms with Crippen LogP contribution in [0, 0.1) is 0 Å². The van der Waals surface area contributed by atoms with Gasteiger partial charge in [-0.1, -0.05) is 6.08 Å². The highest BCUT2D eigenvalue weighted by atomic mass is 15.2. The average Bonchev–Trinajstić information content (AvgIpc) is 2.35. The van der Waals surface area contributed by atoms with Crippen molar-refractivity contribution < 1.29 is 0 Å². The molecule has 1 atom stereocenters. The van der Waals surface area contributed by atoms with Crippen molar-refractivity contribution >= 4 is 0 Å². The van der Waals surface area contributed by atoms with Gasteiger partial charge in [-0.15, -0.1) is 0 Å². The number of hydrogen-bond donors (Lipinski definition) is 1. The molecule has 0 radical (unpaired) electrons. The first kappa shape index (κ1) is 5.45. The van der Waals surface area contributed by atoms with Crippen molar-refractivity contribution in [1.82, 2.24) is 10.2 Å². The van der Waals surface area contributed by atoms with E-state index in [4.69, 9.17) is 0 Å². The summed E-state index contributed by atoms with van der Waals surface area (Å²) in [4.78, 5) is 2.38. The van der Waals surface area contributed by atoms with Crippen LogP contribution in [-0.2, 0) is 0 Å². The third kappa shape index (κ3) is 0.705. The molecule has 2 heteroatoms. The predicted molar refractivity (Wildman–Crippen MR) is 37.4 cm³/mol. The molecule has 2 heterocycles. The lowest BCUT2D eigenvalue weighted by Gasteiger charge is -2.15. The van der Waals surface area contributed by atoms with E-state index >= 15 is 0 Å². The third-order valence-electron chi connectivity index (χ3n) is 2.27. The quantitative estimate of drug-likeness (QED) is 0.451. The van der Waals surface area contributed by atoms with Crippen LogP contribution in [0.2, 0.25) is 0 Å². The second-order valence-corrected chi connectivity index (χ2v) is 2.87. The molecule has 1 N–H and O–H groups in total. The standard InChI is InChI=1S/C7H12N2/c1-9-3-2-6-4-8-5-7(6)9/h2,7-8H,3-5H2,1H3. The van der Waals surface area contributed by atoms with E-state index in [1.807, 2.05) is 0 Å². The van der Waals surface area contributed by atoms with Gasteiger partial charge >= 0.3 is 0 Å². The fourth-order valence-corrected chi connectivity index (χ4v) is 1.64. The Morgan fingerprint density at radius 1 is 1.78 bits per heavy atom. The minimum Gasteiger partial charge on any atom is -0.311 e. The Labute approximate surface area is 55.5 Å². The van der Waals surface area contributed by atoms with E-state index in [1.165, 1.54) is 0 Å². The van der Waals surface area contributed by atoms with Crippen LogP contribution in [0.1, 0.15) is 0 Å². The van der Waals surface area contributed by atoms with Gasteiger partial charge in [0.2, 0.25) is 0 Å². The van der Waals surface area contributed by atoms with Gasteiger partial charge in [0, 0.05) is 25.7 Å². The van der Waals surface area contributed by atoms with Crippen molar-refractivity contribution in [1.29, 1.82) is 0 Å². The SMILES string of the molecule is CN1CC=C2CNCC21. The summed E-state index contributed by atoms with van der Waals surface area (Å²) in [7, 11) is 2.18. The minimum atomic E-state index is 0.727. The highest BCUT2D eigenvalue weighted by molar-refractivity contribution is 5.23. The zero-order chi connectivity index (χ0) is 6.27. The fourth-order valence-electron chi connectivity index (χ4n) is 1.64. The lowest BCUT2D eigenvalue weighted by Crippen LogP contribution is -2.30. The molecule has 2 aliphatic rings. The first-order valence-corrected chi connectivity index (χ1v) is 3.48. The van der Waals surface area contributed by atoms with Gasteiger partial charge in [0.25, 0.3) is 0 Å². The van der Waals surface area contributed by atoms with Gasteiger partial charge < -0.3 is 5.32 Å². The first-order chi connectivity index (χ1) is 4.38. The molecule has 0 aromatic heterocycles. The normalized spacial score (nSPS) is 34.8. The summed E-state index contributed by atoms with van der Waals surface area (Å²) in [5.74, 6) is 0. The van der Waals surface area contributed by atoms with Gasteiger partial charge in [0.15, 0.2) is 0 Å². The molecule has 1 unspecified atom stereocenters. The molecule has 0 spiro atoms. The molecule has 1 fully saturated rings. The van der Waals surface area contributed by atoms with Gasteiger partial charge in [0.05, 0.1) is 0 Å². The van der Waals surface area contributed by atoms with E-state index in [9.17, 15) is 0 Å². The van der Waals surface area contributed by atoms with Crippen LogP contribution in [0.3, 0.4) is 0 Å². The number of nitrogens with one attached hydrogen (secondary N) is 1. The second-order valence-electron chi connectivity index (χ2n) is 2.87. The monoisotopic (exact) mass is 124 g/mol. The topological polar surface area (TPSA) is 15.3 Å². The van der Waals surface area contributed by atoms with Crippen molar-refractivity contribution in [3.63, 3.8) is 0 Å². The molecule has 9 heavy (non-hydrogen) atoms. The van der Waals surface area contributed by atoms with E-state index in [2.05, 4.69) is 23.3 Å². The summed E-state index contributed by atoms with van der Waals surface area (Å²) >= 11 is 0. The molecule has 0 bridgehead atoms. The molecule has 0 saturated carbocycles. The predicted octanol–water partition coefficient (Wildman–Crippen LogP) is -0.170. The Morgan fingerprint density at radius 2 is 2.67 bits per heavy atom. The summed E-state index contributed by atoms with van der Waals surface area (Å²) in [6.45, 7) is 3.43. The van der Waals surface area contributed by atoms with Crippen molar-refractivity contribution in [2.24, 2.45) is 0 Å². The summed E-state index contributed by atoms with van der Waals surface area (Å²) in [5, 5.41) is 3.34. The molecule has 50 valence electrons. The average molecular weight is 124 g/mol. The Hall–Kier alpha value is -0.340. The van der Waals surface area contributed by atoms with E-state index in [1.54, 1.807) is 5.57 Å². The molecule has 2 rings (SSSR count). The maximum Gasteiger partial charge on any atom is 0.0445 e. The van der Waals surface area contributed by atoms with Gasteiger partial charge in [-0.2, -0.15) is 0 Å². The van der Waals surface area contributed by atoms with Crippen LogP contribution >= 0.6 is 0 Å². The largest absolute Gasteiger partial charge is 0.311 e. The van der Waals surface area contributed by atoms with Crippen LogP contribution in [0.25, 0.3) is 0 Å².